The van der Waals surface area contributed by atoms with Crippen molar-refractivity contribution in [3.05, 3.63) is 47.5 Å². The maximum atomic E-state index is 12.7. The zero-order valence-corrected chi connectivity index (χ0v) is 13.8. The summed E-state index contributed by atoms with van der Waals surface area (Å²) in [6.45, 7) is 1.97. The molecule has 2 atom stereocenters. The molecule has 2 aliphatic rings. The Morgan fingerprint density at radius 2 is 2.29 bits per heavy atom. The molecule has 0 spiro atoms. The summed E-state index contributed by atoms with van der Waals surface area (Å²) in [6.07, 6.45) is 5.10. The van der Waals surface area contributed by atoms with Gasteiger partial charge >= 0.3 is 0 Å². The standard InChI is InChI=1S/C18H22N4O2/c1-21-10-16(20-11-21)14-8-22(9-15(14)19)18(23)7-12-2-3-17-13(6-12)4-5-24-17/h2-3,6,10-11,14-15H,4-5,7-9,19H2,1H3/t14-,15-/m1/s1. The Morgan fingerprint density at radius 3 is 3.08 bits per heavy atom. The van der Waals surface area contributed by atoms with E-state index in [4.69, 9.17) is 10.5 Å². The molecule has 126 valence electrons. The second kappa shape index (κ2) is 5.94. The lowest BCUT2D eigenvalue weighted by atomic mass is 10.0. The van der Waals surface area contributed by atoms with Crippen LogP contribution in [0.3, 0.4) is 0 Å². The number of hydrogen-bond donors (Lipinski definition) is 1. The minimum absolute atomic E-state index is 0.0581. The van der Waals surface area contributed by atoms with Crippen LogP contribution in [0.4, 0.5) is 0 Å². The number of benzene rings is 1. The highest BCUT2D eigenvalue weighted by Gasteiger charge is 2.35. The maximum absolute atomic E-state index is 12.7. The maximum Gasteiger partial charge on any atom is 0.227 e. The molecule has 1 aromatic heterocycles. The lowest BCUT2D eigenvalue weighted by Crippen LogP contribution is -2.33. The fraction of sp³-hybridized carbons (Fsp3) is 0.444. The number of nitrogens with zero attached hydrogens (tertiary/aromatic N) is 3. The predicted octanol–water partition coefficient (Wildman–Crippen LogP) is 0.851. The SMILES string of the molecule is Cn1cnc([C@@H]2CN(C(=O)Cc3ccc4c(c3)CCO4)C[C@H]2N)c1. The average Bonchev–Trinajstić information content (AvgIpc) is 3.26. The zero-order chi connectivity index (χ0) is 16.7. The minimum atomic E-state index is -0.0581. The van der Waals surface area contributed by atoms with Crippen LogP contribution in [0.25, 0.3) is 0 Å². The van der Waals surface area contributed by atoms with Gasteiger partial charge in [-0.25, -0.2) is 4.98 Å². The van der Waals surface area contributed by atoms with Gasteiger partial charge in [-0.1, -0.05) is 12.1 Å². The molecule has 2 aromatic rings. The topological polar surface area (TPSA) is 73.4 Å². The van der Waals surface area contributed by atoms with E-state index in [9.17, 15) is 4.79 Å². The van der Waals surface area contributed by atoms with Crippen LogP contribution in [0.5, 0.6) is 5.75 Å². The second-order valence-electron chi connectivity index (χ2n) is 6.75. The Labute approximate surface area is 141 Å². The van der Waals surface area contributed by atoms with E-state index >= 15 is 0 Å². The number of fused-ring (bicyclic) bond motifs is 1. The molecule has 0 radical (unpaired) electrons. The van der Waals surface area contributed by atoms with E-state index < -0.39 is 0 Å². The number of carbonyl (C=O) groups is 1. The summed E-state index contributed by atoms with van der Waals surface area (Å²) in [5.41, 5.74) is 9.46. The summed E-state index contributed by atoms with van der Waals surface area (Å²) in [5.74, 6) is 1.19. The van der Waals surface area contributed by atoms with Crippen LogP contribution in [-0.2, 0) is 24.7 Å². The first-order valence-electron chi connectivity index (χ1n) is 8.36. The molecule has 2 N–H and O–H groups in total. The average molecular weight is 326 g/mol. The van der Waals surface area contributed by atoms with Crippen LogP contribution in [0, 0.1) is 0 Å². The normalized spacial score (nSPS) is 22.5. The molecule has 0 saturated carbocycles. The summed E-state index contributed by atoms with van der Waals surface area (Å²) in [4.78, 5) is 18.9. The van der Waals surface area contributed by atoms with E-state index in [1.165, 1.54) is 5.56 Å². The highest BCUT2D eigenvalue weighted by Crippen LogP contribution is 2.28. The van der Waals surface area contributed by atoms with Gasteiger partial charge in [0.2, 0.25) is 5.91 Å². The number of aryl methyl sites for hydroxylation is 1. The second-order valence-corrected chi connectivity index (χ2v) is 6.75. The van der Waals surface area contributed by atoms with Gasteiger partial charge in [0.1, 0.15) is 5.75 Å². The Hall–Kier alpha value is -2.34. The monoisotopic (exact) mass is 326 g/mol. The van der Waals surface area contributed by atoms with Gasteiger partial charge in [0.05, 0.1) is 25.0 Å². The van der Waals surface area contributed by atoms with Crippen molar-refractivity contribution in [3.8, 4) is 5.75 Å². The number of imidazole rings is 1. The molecule has 24 heavy (non-hydrogen) atoms. The molecule has 1 saturated heterocycles. The lowest BCUT2D eigenvalue weighted by molar-refractivity contribution is -0.129. The Balaban J connectivity index is 1.43. The summed E-state index contributed by atoms with van der Waals surface area (Å²) in [5, 5.41) is 0. The molecule has 3 heterocycles. The smallest absolute Gasteiger partial charge is 0.227 e. The Bertz CT molecular complexity index is 770. The van der Waals surface area contributed by atoms with Gasteiger partial charge in [0, 0.05) is 44.7 Å². The molecule has 6 nitrogen and oxygen atoms in total. The van der Waals surface area contributed by atoms with Crippen LogP contribution in [-0.4, -0.2) is 46.1 Å². The number of rotatable bonds is 3. The van der Waals surface area contributed by atoms with Crippen molar-refractivity contribution in [1.29, 1.82) is 0 Å². The number of likely N-dealkylation sites (tertiary alicyclic amines) is 1. The molecule has 2 aliphatic heterocycles. The number of ether oxygens (including phenoxy) is 1. The third-order valence-corrected chi connectivity index (χ3v) is 4.93. The van der Waals surface area contributed by atoms with Crippen molar-refractivity contribution in [2.45, 2.75) is 24.8 Å². The van der Waals surface area contributed by atoms with Crippen molar-refractivity contribution in [2.24, 2.45) is 12.8 Å². The van der Waals surface area contributed by atoms with E-state index in [1.807, 2.05) is 34.8 Å². The molecule has 0 unspecified atom stereocenters. The van der Waals surface area contributed by atoms with Gasteiger partial charge in [0.25, 0.3) is 0 Å². The first kappa shape index (κ1) is 15.2. The minimum Gasteiger partial charge on any atom is -0.493 e. The molecule has 1 fully saturated rings. The Morgan fingerprint density at radius 1 is 1.42 bits per heavy atom. The third kappa shape index (κ3) is 2.78. The van der Waals surface area contributed by atoms with Crippen LogP contribution < -0.4 is 10.5 Å². The summed E-state index contributed by atoms with van der Waals surface area (Å²) >= 11 is 0. The Kier molecular flexibility index (Phi) is 3.76. The van der Waals surface area contributed by atoms with E-state index in [0.717, 1.165) is 30.0 Å². The van der Waals surface area contributed by atoms with E-state index in [0.29, 0.717) is 19.5 Å². The van der Waals surface area contributed by atoms with Crippen LogP contribution >= 0.6 is 0 Å². The molecule has 1 aromatic carbocycles. The number of aromatic nitrogens is 2. The molecular weight excluding hydrogens is 304 g/mol. The largest absolute Gasteiger partial charge is 0.493 e. The fourth-order valence-corrected chi connectivity index (χ4v) is 3.61. The number of nitrogens with two attached hydrogens (primary N) is 1. The molecule has 0 aliphatic carbocycles. The van der Waals surface area contributed by atoms with E-state index in [2.05, 4.69) is 11.1 Å². The van der Waals surface area contributed by atoms with E-state index in [1.54, 1.807) is 6.33 Å². The number of carbonyl (C=O) groups excluding carboxylic acids is 1. The van der Waals surface area contributed by atoms with Gasteiger partial charge in [0.15, 0.2) is 0 Å². The predicted molar refractivity (Wildman–Crippen MR) is 89.8 cm³/mol. The molecule has 6 heteroatoms. The van der Waals surface area contributed by atoms with Crippen molar-refractivity contribution in [1.82, 2.24) is 14.5 Å². The van der Waals surface area contributed by atoms with Crippen molar-refractivity contribution >= 4 is 5.91 Å². The molecule has 4 rings (SSSR count). The zero-order valence-electron chi connectivity index (χ0n) is 13.8. The quantitative estimate of drug-likeness (QED) is 0.907. The van der Waals surface area contributed by atoms with Gasteiger partial charge in [-0.15, -0.1) is 0 Å². The first-order chi connectivity index (χ1) is 11.6. The van der Waals surface area contributed by atoms with Crippen LogP contribution in [0.15, 0.2) is 30.7 Å². The van der Waals surface area contributed by atoms with Crippen LogP contribution in [0.2, 0.25) is 0 Å². The van der Waals surface area contributed by atoms with E-state index in [-0.39, 0.29) is 17.9 Å². The van der Waals surface area contributed by atoms with Crippen molar-refractivity contribution < 1.29 is 9.53 Å². The number of hydrogen-bond acceptors (Lipinski definition) is 4. The lowest BCUT2D eigenvalue weighted by Gasteiger charge is -2.16. The summed E-state index contributed by atoms with van der Waals surface area (Å²) in [6, 6.07) is 5.98. The molecular formula is C18H22N4O2. The highest BCUT2D eigenvalue weighted by molar-refractivity contribution is 5.79. The molecule has 0 bridgehead atoms. The van der Waals surface area contributed by atoms with Gasteiger partial charge in [-0.3, -0.25) is 4.79 Å². The van der Waals surface area contributed by atoms with Crippen molar-refractivity contribution in [2.75, 3.05) is 19.7 Å². The fourth-order valence-electron chi connectivity index (χ4n) is 3.61. The summed E-state index contributed by atoms with van der Waals surface area (Å²) < 4.78 is 7.43. The first-order valence-corrected chi connectivity index (χ1v) is 8.36. The summed E-state index contributed by atoms with van der Waals surface area (Å²) in [7, 11) is 1.94. The van der Waals surface area contributed by atoms with Crippen molar-refractivity contribution in [3.63, 3.8) is 0 Å². The van der Waals surface area contributed by atoms with Gasteiger partial charge < -0.3 is 19.9 Å². The third-order valence-electron chi connectivity index (χ3n) is 4.93. The van der Waals surface area contributed by atoms with Crippen LogP contribution in [0.1, 0.15) is 22.7 Å². The number of amides is 1. The van der Waals surface area contributed by atoms with Gasteiger partial charge in [-0.2, -0.15) is 0 Å². The molecule has 1 amide bonds. The highest BCUT2D eigenvalue weighted by atomic mass is 16.5. The van der Waals surface area contributed by atoms with Gasteiger partial charge in [-0.05, 0) is 17.2 Å².